The molecule has 7 heteroatoms. The molecule has 0 aliphatic carbocycles. The second-order valence-corrected chi connectivity index (χ2v) is 7.82. The number of rotatable bonds is 8. The van der Waals surface area contributed by atoms with Gasteiger partial charge >= 0.3 is 5.97 Å². The third kappa shape index (κ3) is 4.87. The van der Waals surface area contributed by atoms with Crippen LogP contribution in [0.4, 0.5) is 5.69 Å². The van der Waals surface area contributed by atoms with E-state index in [0.29, 0.717) is 24.1 Å². The van der Waals surface area contributed by atoms with Gasteiger partial charge in [0.1, 0.15) is 0 Å². The van der Waals surface area contributed by atoms with Gasteiger partial charge in [-0.25, -0.2) is 0 Å². The first-order valence-corrected chi connectivity index (χ1v) is 10.5. The van der Waals surface area contributed by atoms with E-state index in [1.165, 1.54) is 7.11 Å². The standard InChI is InChI=1S/C24H29N3O4/c1-14-9-8-10-18-21(14)17(23(29)27-18)13-19-15(2)22(16(3)26-19)24(30)25-12-7-5-6-11-20(28)31-4/h8-10,13,26H,5-7,11-12H2,1-4H3,(H,25,30)(H,27,29)/b17-13-. The minimum atomic E-state index is -0.210. The van der Waals surface area contributed by atoms with Gasteiger partial charge in [0.15, 0.2) is 0 Å². The van der Waals surface area contributed by atoms with Gasteiger partial charge in [0.2, 0.25) is 0 Å². The van der Waals surface area contributed by atoms with E-state index < -0.39 is 0 Å². The molecule has 0 fully saturated rings. The molecule has 7 nitrogen and oxygen atoms in total. The van der Waals surface area contributed by atoms with Crippen LogP contribution in [0.1, 0.15) is 64.1 Å². The number of aryl methyl sites for hydroxylation is 2. The molecule has 0 saturated carbocycles. The Morgan fingerprint density at radius 3 is 2.65 bits per heavy atom. The van der Waals surface area contributed by atoms with Crippen LogP contribution in [0.15, 0.2) is 18.2 Å². The molecule has 1 aromatic heterocycles. The van der Waals surface area contributed by atoms with Crippen LogP contribution in [0.5, 0.6) is 0 Å². The van der Waals surface area contributed by atoms with E-state index in [4.69, 9.17) is 0 Å². The molecule has 31 heavy (non-hydrogen) atoms. The van der Waals surface area contributed by atoms with Crippen LogP contribution in [0.2, 0.25) is 0 Å². The number of H-pyrrole nitrogens is 1. The number of carbonyl (C=O) groups excluding carboxylic acids is 3. The molecule has 164 valence electrons. The molecular formula is C24H29N3O4. The zero-order valence-corrected chi connectivity index (χ0v) is 18.5. The summed E-state index contributed by atoms with van der Waals surface area (Å²) in [5, 5.41) is 5.85. The average Bonchev–Trinajstić information content (AvgIpc) is 3.20. The van der Waals surface area contributed by atoms with Gasteiger partial charge in [-0.2, -0.15) is 0 Å². The Morgan fingerprint density at radius 2 is 1.90 bits per heavy atom. The van der Waals surface area contributed by atoms with Gasteiger partial charge in [-0.05, 0) is 56.9 Å². The number of aromatic amines is 1. The first-order chi connectivity index (χ1) is 14.8. The summed E-state index contributed by atoms with van der Waals surface area (Å²) < 4.78 is 4.62. The number of anilines is 1. The number of esters is 1. The molecule has 2 heterocycles. The number of ether oxygens (including phenoxy) is 1. The molecule has 3 N–H and O–H groups in total. The molecule has 2 amide bonds. The Hall–Kier alpha value is -3.35. The molecule has 3 rings (SSSR count). The predicted octanol–water partition coefficient (Wildman–Crippen LogP) is 3.90. The maximum absolute atomic E-state index is 12.7. The number of nitrogens with one attached hydrogen (secondary N) is 3. The van der Waals surface area contributed by atoms with Crippen molar-refractivity contribution < 1.29 is 19.1 Å². The normalized spacial score (nSPS) is 13.8. The molecule has 1 aromatic carbocycles. The fourth-order valence-electron chi connectivity index (χ4n) is 3.94. The van der Waals surface area contributed by atoms with Crippen molar-refractivity contribution in [2.45, 2.75) is 46.5 Å². The lowest BCUT2D eigenvalue weighted by Crippen LogP contribution is -2.25. The van der Waals surface area contributed by atoms with E-state index in [-0.39, 0.29) is 17.8 Å². The van der Waals surface area contributed by atoms with Crippen LogP contribution in [0.25, 0.3) is 11.6 Å². The summed E-state index contributed by atoms with van der Waals surface area (Å²) in [4.78, 5) is 39.6. The fourth-order valence-corrected chi connectivity index (χ4v) is 3.94. The van der Waals surface area contributed by atoms with Crippen molar-refractivity contribution in [3.8, 4) is 0 Å². The molecule has 2 aromatic rings. The SMILES string of the molecule is COC(=O)CCCCCNC(=O)c1c(C)[nH]c(/C=C2\C(=O)Nc3cccc(C)c32)c1C. The van der Waals surface area contributed by atoms with Crippen LogP contribution in [-0.4, -0.2) is 36.4 Å². The van der Waals surface area contributed by atoms with E-state index in [2.05, 4.69) is 20.4 Å². The van der Waals surface area contributed by atoms with Gasteiger partial charge in [-0.1, -0.05) is 18.6 Å². The molecule has 0 radical (unpaired) electrons. The van der Waals surface area contributed by atoms with Crippen molar-refractivity contribution in [2.75, 3.05) is 19.0 Å². The lowest BCUT2D eigenvalue weighted by molar-refractivity contribution is -0.140. The van der Waals surface area contributed by atoms with Crippen molar-refractivity contribution >= 4 is 35.1 Å². The lowest BCUT2D eigenvalue weighted by atomic mass is 9.99. The van der Waals surface area contributed by atoms with E-state index in [1.807, 2.05) is 45.0 Å². The largest absolute Gasteiger partial charge is 0.469 e. The zero-order chi connectivity index (χ0) is 22.5. The van der Waals surface area contributed by atoms with Crippen LogP contribution >= 0.6 is 0 Å². The maximum Gasteiger partial charge on any atom is 0.305 e. The zero-order valence-electron chi connectivity index (χ0n) is 18.5. The third-order valence-corrected chi connectivity index (χ3v) is 5.60. The van der Waals surface area contributed by atoms with Crippen molar-refractivity contribution in [2.24, 2.45) is 0 Å². The van der Waals surface area contributed by atoms with Crippen LogP contribution in [-0.2, 0) is 14.3 Å². The van der Waals surface area contributed by atoms with Crippen LogP contribution in [0.3, 0.4) is 0 Å². The van der Waals surface area contributed by atoms with Crippen molar-refractivity contribution in [3.05, 3.63) is 51.8 Å². The second-order valence-electron chi connectivity index (χ2n) is 7.82. The Morgan fingerprint density at radius 1 is 1.13 bits per heavy atom. The quantitative estimate of drug-likeness (QED) is 0.341. The summed E-state index contributed by atoms with van der Waals surface area (Å²) in [5.41, 5.74) is 6.24. The number of carbonyl (C=O) groups is 3. The molecule has 1 aliphatic heterocycles. The number of unbranched alkanes of at least 4 members (excludes halogenated alkanes) is 2. The minimum Gasteiger partial charge on any atom is -0.469 e. The number of hydrogen-bond acceptors (Lipinski definition) is 4. The van der Waals surface area contributed by atoms with Gasteiger partial charge in [0, 0.05) is 35.6 Å². The Labute approximate surface area is 182 Å². The molecule has 0 atom stereocenters. The van der Waals surface area contributed by atoms with Gasteiger partial charge in [-0.3, -0.25) is 14.4 Å². The number of benzene rings is 1. The molecule has 1 aliphatic rings. The van der Waals surface area contributed by atoms with Gasteiger partial charge in [-0.15, -0.1) is 0 Å². The minimum absolute atomic E-state index is 0.142. The third-order valence-electron chi connectivity index (χ3n) is 5.60. The van der Waals surface area contributed by atoms with E-state index in [1.54, 1.807) is 0 Å². The first-order valence-electron chi connectivity index (χ1n) is 10.5. The van der Waals surface area contributed by atoms with Crippen LogP contribution < -0.4 is 10.6 Å². The lowest BCUT2D eigenvalue weighted by Gasteiger charge is -2.06. The summed E-state index contributed by atoms with van der Waals surface area (Å²) in [6, 6.07) is 5.78. The smallest absolute Gasteiger partial charge is 0.305 e. The molecular weight excluding hydrogens is 394 g/mol. The van der Waals surface area contributed by atoms with Gasteiger partial charge < -0.3 is 20.4 Å². The number of amides is 2. The first kappa shape index (κ1) is 22.3. The number of aromatic nitrogens is 1. The van der Waals surface area contributed by atoms with Crippen molar-refractivity contribution in [3.63, 3.8) is 0 Å². The van der Waals surface area contributed by atoms with Gasteiger partial charge in [0.05, 0.1) is 18.2 Å². The van der Waals surface area contributed by atoms with E-state index in [0.717, 1.165) is 53.0 Å². The number of hydrogen-bond donors (Lipinski definition) is 3. The second kappa shape index (κ2) is 9.64. The Bertz CT molecular complexity index is 1050. The Balaban J connectivity index is 1.69. The predicted molar refractivity (Wildman–Crippen MR) is 121 cm³/mol. The van der Waals surface area contributed by atoms with Crippen molar-refractivity contribution in [1.82, 2.24) is 10.3 Å². The van der Waals surface area contributed by atoms with E-state index in [9.17, 15) is 14.4 Å². The van der Waals surface area contributed by atoms with Crippen molar-refractivity contribution in [1.29, 1.82) is 0 Å². The highest BCUT2D eigenvalue weighted by atomic mass is 16.5. The molecule has 0 spiro atoms. The number of methoxy groups -OCH3 is 1. The summed E-state index contributed by atoms with van der Waals surface area (Å²) in [6.07, 6.45) is 4.59. The topological polar surface area (TPSA) is 100 Å². The maximum atomic E-state index is 12.7. The highest BCUT2D eigenvalue weighted by Gasteiger charge is 2.26. The Kier molecular flexibility index (Phi) is 6.95. The summed E-state index contributed by atoms with van der Waals surface area (Å²) in [6.45, 7) is 6.25. The van der Waals surface area contributed by atoms with Gasteiger partial charge in [0.25, 0.3) is 11.8 Å². The number of fused-ring (bicyclic) bond motifs is 1. The fraction of sp³-hybridized carbons (Fsp3) is 0.375. The van der Waals surface area contributed by atoms with Crippen LogP contribution in [0, 0.1) is 20.8 Å². The summed E-state index contributed by atoms with van der Waals surface area (Å²) >= 11 is 0. The molecule has 0 unspecified atom stereocenters. The molecule has 0 bridgehead atoms. The summed E-state index contributed by atoms with van der Waals surface area (Å²) in [7, 11) is 1.38. The highest BCUT2D eigenvalue weighted by Crippen LogP contribution is 2.36. The van der Waals surface area contributed by atoms with E-state index >= 15 is 0 Å². The molecule has 0 saturated heterocycles. The summed E-state index contributed by atoms with van der Waals surface area (Å²) in [5.74, 6) is -0.497. The highest BCUT2D eigenvalue weighted by molar-refractivity contribution is 6.35. The average molecular weight is 424 g/mol. The monoisotopic (exact) mass is 423 g/mol.